The minimum absolute atomic E-state index is 0.0626. The van der Waals surface area contributed by atoms with Crippen molar-refractivity contribution in [2.75, 3.05) is 6.61 Å². The Morgan fingerprint density at radius 2 is 2.19 bits per heavy atom. The molecule has 1 aromatic carbocycles. The summed E-state index contributed by atoms with van der Waals surface area (Å²) < 4.78 is 5.47. The third-order valence-electron chi connectivity index (χ3n) is 2.67. The summed E-state index contributed by atoms with van der Waals surface area (Å²) in [6, 6.07) is 5.38. The first-order valence-corrected chi connectivity index (χ1v) is 5.84. The molecule has 2 nitrogen and oxygen atoms in total. The Balaban J connectivity index is 2.58. The van der Waals surface area contributed by atoms with Gasteiger partial charge in [0, 0.05) is 10.9 Å². The van der Waals surface area contributed by atoms with Crippen LogP contribution in [0.3, 0.4) is 0 Å². The van der Waals surface area contributed by atoms with Gasteiger partial charge in [-0.15, -0.1) is 0 Å². The van der Waals surface area contributed by atoms with E-state index in [0.717, 1.165) is 17.7 Å². The summed E-state index contributed by atoms with van der Waals surface area (Å²) in [6.45, 7) is 5.96. The lowest BCUT2D eigenvalue weighted by atomic mass is 10.0. The Kier molecular flexibility index (Phi) is 4.81. The highest BCUT2D eigenvalue weighted by Crippen LogP contribution is 2.21. The van der Waals surface area contributed by atoms with Crippen LogP contribution in [-0.4, -0.2) is 12.4 Å². The number of Topliss-reactive ketones (excluding diaryl/α,β-unsaturated/α-hetero) is 1. The highest BCUT2D eigenvalue weighted by Gasteiger charge is 2.11. The van der Waals surface area contributed by atoms with Crippen LogP contribution in [0.4, 0.5) is 0 Å². The van der Waals surface area contributed by atoms with Gasteiger partial charge in [0.1, 0.15) is 12.4 Å². The van der Waals surface area contributed by atoms with Gasteiger partial charge in [-0.1, -0.05) is 25.4 Å². The van der Waals surface area contributed by atoms with Gasteiger partial charge in [-0.25, -0.2) is 0 Å². The van der Waals surface area contributed by atoms with Crippen molar-refractivity contribution in [3.63, 3.8) is 0 Å². The molecule has 0 saturated carbocycles. The molecule has 0 saturated heterocycles. The lowest BCUT2D eigenvalue weighted by molar-refractivity contribution is -0.124. The first-order chi connectivity index (χ1) is 7.54. The van der Waals surface area contributed by atoms with E-state index in [1.54, 1.807) is 12.1 Å². The van der Waals surface area contributed by atoms with Crippen molar-refractivity contribution in [1.82, 2.24) is 0 Å². The Hall–Kier alpha value is -1.02. The van der Waals surface area contributed by atoms with Crippen LogP contribution in [0, 0.1) is 12.8 Å². The predicted molar refractivity (Wildman–Crippen MR) is 66.1 cm³/mol. The van der Waals surface area contributed by atoms with Gasteiger partial charge in [0.2, 0.25) is 0 Å². The minimum atomic E-state index is 0.0626. The number of rotatable bonds is 5. The normalized spacial score (nSPS) is 12.2. The van der Waals surface area contributed by atoms with Crippen molar-refractivity contribution in [1.29, 1.82) is 0 Å². The summed E-state index contributed by atoms with van der Waals surface area (Å²) in [4.78, 5) is 11.6. The van der Waals surface area contributed by atoms with Crippen LogP contribution in [0.1, 0.15) is 25.8 Å². The van der Waals surface area contributed by atoms with Gasteiger partial charge in [-0.05, 0) is 37.1 Å². The lowest BCUT2D eigenvalue weighted by Gasteiger charge is -2.11. The van der Waals surface area contributed by atoms with Gasteiger partial charge in [0.25, 0.3) is 0 Å². The third kappa shape index (κ3) is 3.53. The highest BCUT2D eigenvalue weighted by molar-refractivity contribution is 6.30. The Morgan fingerprint density at radius 1 is 1.50 bits per heavy atom. The zero-order valence-electron chi connectivity index (χ0n) is 9.92. The fraction of sp³-hybridized carbons (Fsp3) is 0.462. The van der Waals surface area contributed by atoms with E-state index in [1.807, 2.05) is 26.8 Å². The van der Waals surface area contributed by atoms with Crippen molar-refractivity contribution in [2.24, 2.45) is 5.92 Å². The van der Waals surface area contributed by atoms with Crippen LogP contribution in [0.15, 0.2) is 18.2 Å². The predicted octanol–water partition coefficient (Wildman–Crippen LogP) is 3.64. The van der Waals surface area contributed by atoms with Gasteiger partial charge in [0.15, 0.2) is 5.78 Å². The summed E-state index contributed by atoms with van der Waals surface area (Å²) in [5.74, 6) is 0.922. The number of ketones is 1. The van der Waals surface area contributed by atoms with Gasteiger partial charge < -0.3 is 4.74 Å². The molecule has 1 atom stereocenters. The standard InChI is InChI=1S/C13H17ClO2/c1-4-9(2)12(15)8-16-13-6-5-11(14)7-10(13)3/h5-7,9H,4,8H2,1-3H3. The van der Waals surface area contributed by atoms with Crippen LogP contribution in [0.2, 0.25) is 5.02 Å². The summed E-state index contributed by atoms with van der Waals surface area (Å²) in [7, 11) is 0. The van der Waals surface area contributed by atoms with E-state index < -0.39 is 0 Å². The molecule has 0 aliphatic carbocycles. The molecule has 0 aliphatic heterocycles. The van der Waals surface area contributed by atoms with Crippen LogP contribution in [-0.2, 0) is 4.79 Å². The molecule has 1 rings (SSSR count). The van der Waals surface area contributed by atoms with E-state index in [0.29, 0.717) is 5.02 Å². The van der Waals surface area contributed by atoms with Gasteiger partial charge in [-0.2, -0.15) is 0 Å². The molecule has 0 N–H and O–H groups in total. The van der Waals surface area contributed by atoms with Crippen LogP contribution in [0.5, 0.6) is 5.75 Å². The third-order valence-corrected chi connectivity index (χ3v) is 2.90. The minimum Gasteiger partial charge on any atom is -0.486 e. The van der Waals surface area contributed by atoms with Gasteiger partial charge in [0.05, 0.1) is 0 Å². The number of halogens is 1. The lowest BCUT2D eigenvalue weighted by Crippen LogP contribution is -2.18. The highest BCUT2D eigenvalue weighted by atomic mass is 35.5. The molecule has 0 radical (unpaired) electrons. The second-order valence-corrected chi connectivity index (χ2v) is 4.41. The van der Waals surface area contributed by atoms with Gasteiger partial charge >= 0.3 is 0 Å². The maximum absolute atomic E-state index is 11.6. The largest absolute Gasteiger partial charge is 0.486 e. The molecule has 1 aromatic rings. The molecule has 0 fully saturated rings. The molecule has 3 heteroatoms. The Labute approximate surface area is 102 Å². The molecule has 0 amide bonds. The first-order valence-electron chi connectivity index (χ1n) is 5.46. The average Bonchev–Trinajstić information content (AvgIpc) is 2.26. The second kappa shape index (κ2) is 5.90. The van der Waals surface area contributed by atoms with Crippen molar-refractivity contribution in [3.05, 3.63) is 28.8 Å². The fourth-order valence-electron chi connectivity index (χ4n) is 1.29. The molecular formula is C13H17ClO2. The van der Waals surface area contributed by atoms with Crippen LogP contribution < -0.4 is 4.74 Å². The maximum Gasteiger partial charge on any atom is 0.172 e. The van der Waals surface area contributed by atoms with Crippen molar-refractivity contribution >= 4 is 17.4 Å². The summed E-state index contributed by atoms with van der Waals surface area (Å²) >= 11 is 5.83. The number of carbonyl (C=O) groups is 1. The van der Waals surface area contributed by atoms with E-state index in [1.165, 1.54) is 0 Å². The molecule has 16 heavy (non-hydrogen) atoms. The van der Waals surface area contributed by atoms with E-state index in [-0.39, 0.29) is 18.3 Å². The van der Waals surface area contributed by atoms with Crippen molar-refractivity contribution in [2.45, 2.75) is 27.2 Å². The van der Waals surface area contributed by atoms with E-state index >= 15 is 0 Å². The van der Waals surface area contributed by atoms with E-state index in [9.17, 15) is 4.79 Å². The monoisotopic (exact) mass is 240 g/mol. The van der Waals surface area contributed by atoms with Crippen LogP contribution in [0.25, 0.3) is 0 Å². The summed E-state index contributed by atoms with van der Waals surface area (Å²) in [5, 5.41) is 0.679. The number of benzene rings is 1. The molecular weight excluding hydrogens is 224 g/mol. The van der Waals surface area contributed by atoms with Crippen LogP contribution >= 0.6 is 11.6 Å². The molecule has 0 spiro atoms. The SMILES string of the molecule is CCC(C)C(=O)COc1ccc(Cl)cc1C. The Morgan fingerprint density at radius 3 is 2.75 bits per heavy atom. The van der Waals surface area contributed by atoms with E-state index in [2.05, 4.69) is 0 Å². The van der Waals surface area contributed by atoms with E-state index in [4.69, 9.17) is 16.3 Å². The average molecular weight is 241 g/mol. The van der Waals surface area contributed by atoms with Gasteiger partial charge in [-0.3, -0.25) is 4.79 Å². The molecule has 1 unspecified atom stereocenters. The fourth-order valence-corrected chi connectivity index (χ4v) is 1.52. The second-order valence-electron chi connectivity index (χ2n) is 3.97. The molecule has 0 aromatic heterocycles. The number of carbonyl (C=O) groups excluding carboxylic acids is 1. The zero-order chi connectivity index (χ0) is 12.1. The molecule has 0 bridgehead atoms. The molecule has 88 valence electrons. The number of hydrogen-bond donors (Lipinski definition) is 0. The topological polar surface area (TPSA) is 26.3 Å². The number of aryl methyl sites for hydroxylation is 1. The van der Waals surface area contributed by atoms with Crippen molar-refractivity contribution in [3.8, 4) is 5.75 Å². The number of ether oxygens (including phenoxy) is 1. The summed E-state index contributed by atoms with van der Waals surface area (Å²) in [5.41, 5.74) is 0.949. The zero-order valence-corrected chi connectivity index (χ0v) is 10.7. The smallest absolute Gasteiger partial charge is 0.172 e. The molecule has 0 aliphatic rings. The summed E-state index contributed by atoms with van der Waals surface area (Å²) in [6.07, 6.45) is 0.849. The maximum atomic E-state index is 11.6. The molecule has 0 heterocycles. The van der Waals surface area contributed by atoms with Crippen molar-refractivity contribution < 1.29 is 9.53 Å². The first kappa shape index (κ1) is 13.0. The number of hydrogen-bond acceptors (Lipinski definition) is 2. The Bertz CT molecular complexity index is 374. The quantitative estimate of drug-likeness (QED) is 0.786.